The van der Waals surface area contributed by atoms with Gasteiger partial charge in [0.2, 0.25) is 5.91 Å². The van der Waals surface area contributed by atoms with Gasteiger partial charge >= 0.3 is 0 Å². The quantitative estimate of drug-likeness (QED) is 0.645. The molecule has 1 atom stereocenters. The first-order valence-electron chi connectivity index (χ1n) is 11.6. The number of benzene rings is 2. The lowest BCUT2D eigenvalue weighted by Crippen LogP contribution is -2.53. The molecule has 2 saturated heterocycles. The topological polar surface area (TPSA) is 53.1 Å². The van der Waals surface area contributed by atoms with Crippen molar-refractivity contribution in [3.63, 3.8) is 0 Å². The summed E-state index contributed by atoms with van der Waals surface area (Å²) >= 11 is 6.01. The predicted octanol–water partition coefficient (Wildman–Crippen LogP) is 3.81. The van der Waals surface area contributed by atoms with Gasteiger partial charge in [-0.1, -0.05) is 29.8 Å². The molecule has 0 aromatic heterocycles. The average molecular weight is 470 g/mol. The number of likely N-dealkylation sites (tertiary alicyclic amines) is 1. The van der Waals surface area contributed by atoms with Gasteiger partial charge < -0.3 is 19.4 Å². The first-order valence-corrected chi connectivity index (χ1v) is 12.0. The van der Waals surface area contributed by atoms with Crippen molar-refractivity contribution in [3.05, 3.63) is 65.2 Å². The molecule has 0 spiro atoms. The van der Waals surface area contributed by atoms with Gasteiger partial charge in [-0.05, 0) is 56.3 Å². The van der Waals surface area contributed by atoms with Gasteiger partial charge in [-0.25, -0.2) is 0 Å². The van der Waals surface area contributed by atoms with Crippen molar-refractivity contribution in [2.75, 3.05) is 52.9 Å². The summed E-state index contributed by atoms with van der Waals surface area (Å²) in [5.41, 5.74) is 0.250. The Kier molecular flexibility index (Phi) is 7.56. The molecule has 0 radical (unpaired) electrons. The maximum Gasteiger partial charge on any atom is 0.253 e. The van der Waals surface area contributed by atoms with E-state index < -0.39 is 5.41 Å². The molecule has 0 bridgehead atoms. The van der Waals surface area contributed by atoms with Crippen LogP contribution in [0.2, 0.25) is 5.02 Å². The van der Waals surface area contributed by atoms with E-state index in [2.05, 4.69) is 11.9 Å². The fourth-order valence-electron chi connectivity index (χ4n) is 4.71. The van der Waals surface area contributed by atoms with Crippen LogP contribution in [-0.2, 0) is 4.79 Å². The van der Waals surface area contributed by atoms with Gasteiger partial charge in [0.05, 0.1) is 6.61 Å². The van der Waals surface area contributed by atoms with Crippen molar-refractivity contribution in [3.8, 4) is 5.75 Å². The number of carbonyl (C=O) groups is 2. The summed E-state index contributed by atoms with van der Waals surface area (Å²) in [6.07, 6.45) is 2.07. The summed E-state index contributed by atoms with van der Waals surface area (Å²) < 4.78 is 6.17. The monoisotopic (exact) mass is 469 g/mol. The first-order chi connectivity index (χ1) is 15.9. The van der Waals surface area contributed by atoms with Crippen LogP contribution in [-0.4, -0.2) is 79.4 Å². The highest BCUT2D eigenvalue weighted by Gasteiger charge is 2.41. The largest absolute Gasteiger partial charge is 0.493 e. The highest BCUT2D eigenvalue weighted by atomic mass is 35.5. The maximum absolute atomic E-state index is 13.3. The Morgan fingerprint density at radius 3 is 2.33 bits per heavy atom. The zero-order valence-electron chi connectivity index (χ0n) is 19.2. The molecule has 2 aromatic carbocycles. The summed E-state index contributed by atoms with van der Waals surface area (Å²) in [5.74, 6) is 0.882. The van der Waals surface area contributed by atoms with Crippen molar-refractivity contribution in [2.24, 2.45) is 5.41 Å². The molecule has 4 rings (SSSR count). The van der Waals surface area contributed by atoms with Gasteiger partial charge in [-0.3, -0.25) is 9.59 Å². The van der Waals surface area contributed by atoms with E-state index in [1.54, 1.807) is 12.1 Å². The smallest absolute Gasteiger partial charge is 0.253 e. The standard InChI is InChI=1S/C26H32ClN3O3/c1-28-14-16-29(17-15-28)24(31)18-26(20-33-23-10-8-22(27)9-11-23)12-5-13-30(19-26)25(32)21-6-3-2-4-7-21/h2-4,6-11H,5,12-20H2,1H3/t26-/m0/s1. The Morgan fingerprint density at radius 2 is 1.64 bits per heavy atom. The molecule has 2 fully saturated rings. The van der Waals surface area contributed by atoms with Crippen LogP contribution in [0.15, 0.2) is 54.6 Å². The van der Waals surface area contributed by atoms with Gasteiger partial charge in [-0.2, -0.15) is 0 Å². The Balaban J connectivity index is 1.51. The molecule has 6 nitrogen and oxygen atoms in total. The van der Waals surface area contributed by atoms with Crippen LogP contribution >= 0.6 is 11.6 Å². The molecule has 2 heterocycles. The maximum atomic E-state index is 13.3. The molecule has 2 aliphatic rings. The number of ether oxygens (including phenoxy) is 1. The Hall–Kier alpha value is -2.57. The molecule has 0 N–H and O–H groups in total. The van der Waals surface area contributed by atoms with Crippen LogP contribution in [0.1, 0.15) is 29.6 Å². The van der Waals surface area contributed by atoms with Crippen molar-refractivity contribution in [1.29, 1.82) is 0 Å². The van der Waals surface area contributed by atoms with Crippen LogP contribution in [0.4, 0.5) is 0 Å². The highest BCUT2D eigenvalue weighted by molar-refractivity contribution is 6.30. The third-order valence-corrected chi connectivity index (χ3v) is 6.96. The fourth-order valence-corrected chi connectivity index (χ4v) is 4.84. The summed E-state index contributed by atoms with van der Waals surface area (Å²) in [6.45, 7) is 4.85. The van der Waals surface area contributed by atoms with E-state index in [0.717, 1.165) is 44.8 Å². The normalized spacial score (nSPS) is 21.6. The first kappa shape index (κ1) is 23.6. The summed E-state index contributed by atoms with van der Waals surface area (Å²) in [6, 6.07) is 16.6. The molecular weight excluding hydrogens is 438 g/mol. The molecule has 0 saturated carbocycles. The predicted molar refractivity (Wildman–Crippen MR) is 130 cm³/mol. The summed E-state index contributed by atoms with van der Waals surface area (Å²) in [7, 11) is 2.08. The van der Waals surface area contributed by atoms with E-state index in [1.165, 1.54) is 0 Å². The van der Waals surface area contributed by atoms with E-state index in [4.69, 9.17) is 16.3 Å². The third-order valence-electron chi connectivity index (χ3n) is 6.71. The molecule has 2 amide bonds. The molecule has 2 aliphatic heterocycles. The van der Waals surface area contributed by atoms with E-state index in [0.29, 0.717) is 36.7 Å². The van der Waals surface area contributed by atoms with E-state index in [1.807, 2.05) is 52.3 Å². The number of piperidine rings is 1. The van der Waals surface area contributed by atoms with E-state index >= 15 is 0 Å². The van der Waals surface area contributed by atoms with Crippen LogP contribution in [0.5, 0.6) is 5.75 Å². The van der Waals surface area contributed by atoms with Crippen molar-refractivity contribution < 1.29 is 14.3 Å². The molecule has 2 aromatic rings. The number of nitrogens with zero attached hydrogens (tertiary/aromatic N) is 3. The van der Waals surface area contributed by atoms with Crippen LogP contribution in [0.3, 0.4) is 0 Å². The van der Waals surface area contributed by atoms with Gasteiger partial charge in [0, 0.05) is 61.7 Å². The third kappa shape index (κ3) is 6.06. The molecule has 7 heteroatoms. The number of halogens is 1. The summed E-state index contributed by atoms with van der Waals surface area (Å²) in [4.78, 5) is 32.6. The number of hydrogen-bond acceptors (Lipinski definition) is 4. The molecular formula is C26H32ClN3O3. The summed E-state index contributed by atoms with van der Waals surface area (Å²) in [5, 5.41) is 0.652. The Morgan fingerprint density at radius 1 is 0.939 bits per heavy atom. The minimum absolute atomic E-state index is 0.0122. The highest BCUT2D eigenvalue weighted by Crippen LogP contribution is 2.36. The molecule has 33 heavy (non-hydrogen) atoms. The van der Waals surface area contributed by atoms with Crippen LogP contribution in [0.25, 0.3) is 0 Å². The molecule has 0 aliphatic carbocycles. The number of carbonyl (C=O) groups excluding carboxylic acids is 2. The van der Waals surface area contributed by atoms with Crippen molar-refractivity contribution in [1.82, 2.24) is 14.7 Å². The fraction of sp³-hybridized carbons (Fsp3) is 0.462. The zero-order valence-corrected chi connectivity index (χ0v) is 20.0. The Bertz CT molecular complexity index is 945. The number of amides is 2. The second-order valence-corrected chi connectivity index (χ2v) is 9.74. The Labute approximate surface area is 201 Å². The van der Waals surface area contributed by atoms with Crippen molar-refractivity contribution >= 4 is 23.4 Å². The SMILES string of the molecule is CN1CCN(C(=O)C[C@@]2(COc3ccc(Cl)cc3)CCCN(C(=O)c3ccccc3)C2)CC1. The van der Waals surface area contributed by atoms with Gasteiger partial charge in [0.15, 0.2) is 0 Å². The average Bonchev–Trinajstić information content (AvgIpc) is 2.84. The lowest BCUT2D eigenvalue weighted by atomic mass is 9.77. The van der Waals surface area contributed by atoms with E-state index in [9.17, 15) is 9.59 Å². The van der Waals surface area contributed by atoms with Gasteiger partial charge in [-0.15, -0.1) is 0 Å². The van der Waals surface area contributed by atoms with Gasteiger partial charge in [0.1, 0.15) is 5.75 Å². The van der Waals surface area contributed by atoms with Gasteiger partial charge in [0.25, 0.3) is 5.91 Å². The lowest BCUT2D eigenvalue weighted by Gasteiger charge is -2.43. The number of rotatable bonds is 6. The van der Waals surface area contributed by atoms with E-state index in [-0.39, 0.29) is 11.8 Å². The second kappa shape index (κ2) is 10.6. The lowest BCUT2D eigenvalue weighted by molar-refractivity contribution is -0.137. The number of piperazine rings is 1. The minimum atomic E-state index is -0.428. The number of hydrogen-bond donors (Lipinski definition) is 0. The van der Waals surface area contributed by atoms with Crippen molar-refractivity contribution in [2.45, 2.75) is 19.3 Å². The van der Waals surface area contributed by atoms with Crippen LogP contribution in [0, 0.1) is 5.41 Å². The minimum Gasteiger partial charge on any atom is -0.493 e. The number of likely N-dealkylation sites (N-methyl/N-ethyl adjacent to an activating group) is 1. The second-order valence-electron chi connectivity index (χ2n) is 9.30. The molecule has 176 valence electrons. The van der Waals surface area contributed by atoms with Crippen LogP contribution < -0.4 is 4.74 Å². The zero-order chi connectivity index (χ0) is 23.3. The molecule has 0 unspecified atom stereocenters.